The lowest BCUT2D eigenvalue weighted by atomic mass is 10.1. The Balaban J connectivity index is 1.99. The van der Waals surface area contributed by atoms with Gasteiger partial charge in [0.05, 0.1) is 5.56 Å². The molecule has 2 aromatic carbocycles. The zero-order valence-corrected chi connectivity index (χ0v) is 11.6. The molecule has 0 saturated heterocycles. The van der Waals surface area contributed by atoms with E-state index in [0.29, 0.717) is 12.1 Å². The lowest BCUT2D eigenvalue weighted by Crippen LogP contribution is -2.06. The molecular weight excluding hydrogens is 289 g/mol. The molecule has 2 nitrogen and oxygen atoms in total. The summed E-state index contributed by atoms with van der Waals surface area (Å²) in [5.74, 6) is 0. The van der Waals surface area contributed by atoms with Crippen molar-refractivity contribution in [2.45, 2.75) is 12.7 Å². The summed E-state index contributed by atoms with van der Waals surface area (Å²) in [5.41, 5.74) is 1.65. The average molecular weight is 302 g/mol. The maximum absolute atomic E-state index is 12.8. The zero-order valence-electron chi connectivity index (χ0n) is 11.6. The summed E-state index contributed by atoms with van der Waals surface area (Å²) in [5, 5.41) is 8.31. The number of nitrogens with zero attached hydrogens (tertiary/aromatic N) is 1. The second kappa shape index (κ2) is 5.33. The minimum absolute atomic E-state index is 0.356. The molecule has 0 aliphatic carbocycles. The molecule has 0 fully saturated rings. The molecule has 0 aliphatic heterocycles. The van der Waals surface area contributed by atoms with Gasteiger partial charge in [-0.25, -0.2) is 0 Å². The molecular formula is C17H13F3N2. The summed E-state index contributed by atoms with van der Waals surface area (Å²) in [7, 11) is 0. The third kappa shape index (κ3) is 2.62. The van der Waals surface area contributed by atoms with E-state index in [1.807, 2.05) is 35.0 Å². The maximum atomic E-state index is 12.8. The standard InChI is InChI=1S/C17H13F3N2/c18-17(19,20)14-5-1-3-12(9-14)11-22-8-7-15-13(10-21)4-2-6-16(15)22/h1-10,21H,11H2. The van der Waals surface area contributed by atoms with Crippen LogP contribution >= 0.6 is 0 Å². The average Bonchev–Trinajstić information content (AvgIpc) is 2.90. The Morgan fingerprint density at radius 3 is 2.55 bits per heavy atom. The molecule has 0 bridgehead atoms. The normalized spacial score (nSPS) is 11.8. The molecule has 0 atom stereocenters. The van der Waals surface area contributed by atoms with Crippen LogP contribution < -0.4 is 0 Å². The molecule has 1 heterocycles. The van der Waals surface area contributed by atoms with Crippen LogP contribution in [0.25, 0.3) is 10.9 Å². The Labute approximate surface area is 125 Å². The molecule has 112 valence electrons. The van der Waals surface area contributed by atoms with Crippen molar-refractivity contribution in [3.05, 3.63) is 71.4 Å². The molecule has 0 aliphatic rings. The molecule has 3 rings (SSSR count). The van der Waals surface area contributed by atoms with Crippen molar-refractivity contribution in [2.75, 3.05) is 0 Å². The van der Waals surface area contributed by atoms with Crippen LogP contribution in [-0.4, -0.2) is 10.8 Å². The summed E-state index contributed by atoms with van der Waals surface area (Å²) in [6, 6.07) is 12.8. The van der Waals surface area contributed by atoms with E-state index in [4.69, 9.17) is 5.41 Å². The van der Waals surface area contributed by atoms with Crippen molar-refractivity contribution in [3.8, 4) is 0 Å². The van der Waals surface area contributed by atoms with Crippen molar-refractivity contribution in [2.24, 2.45) is 0 Å². The number of hydrogen-bond donors (Lipinski definition) is 1. The SMILES string of the molecule is N=Cc1cccc2c1ccn2Cc1cccc(C(F)(F)F)c1. The van der Waals surface area contributed by atoms with Crippen LogP contribution in [-0.2, 0) is 12.7 Å². The van der Waals surface area contributed by atoms with E-state index in [0.717, 1.165) is 22.5 Å². The van der Waals surface area contributed by atoms with Crippen LogP contribution in [0.5, 0.6) is 0 Å². The molecule has 0 radical (unpaired) electrons. The molecule has 1 N–H and O–H groups in total. The van der Waals surface area contributed by atoms with E-state index in [1.165, 1.54) is 18.3 Å². The lowest BCUT2D eigenvalue weighted by molar-refractivity contribution is -0.137. The molecule has 0 spiro atoms. The van der Waals surface area contributed by atoms with Crippen molar-refractivity contribution < 1.29 is 13.2 Å². The Kier molecular flexibility index (Phi) is 3.48. The second-order valence-electron chi connectivity index (χ2n) is 5.07. The topological polar surface area (TPSA) is 28.8 Å². The minimum atomic E-state index is -4.33. The van der Waals surface area contributed by atoms with Gasteiger partial charge in [-0.1, -0.05) is 24.3 Å². The van der Waals surface area contributed by atoms with E-state index in [2.05, 4.69) is 0 Å². The van der Waals surface area contributed by atoms with Crippen molar-refractivity contribution >= 4 is 17.1 Å². The summed E-state index contributed by atoms with van der Waals surface area (Å²) in [6.07, 6.45) is -1.23. The van der Waals surface area contributed by atoms with Crippen LogP contribution in [0.1, 0.15) is 16.7 Å². The lowest BCUT2D eigenvalue weighted by Gasteiger charge is -2.10. The van der Waals surface area contributed by atoms with Crippen LogP contribution in [0.4, 0.5) is 13.2 Å². The van der Waals surface area contributed by atoms with Gasteiger partial charge in [-0.05, 0) is 29.8 Å². The quantitative estimate of drug-likeness (QED) is 0.679. The fourth-order valence-electron chi connectivity index (χ4n) is 2.55. The number of hydrogen-bond acceptors (Lipinski definition) is 1. The number of fused-ring (bicyclic) bond motifs is 1. The first kappa shape index (κ1) is 14.4. The zero-order chi connectivity index (χ0) is 15.7. The van der Waals surface area contributed by atoms with Crippen LogP contribution in [0.2, 0.25) is 0 Å². The number of nitrogens with one attached hydrogen (secondary N) is 1. The monoisotopic (exact) mass is 302 g/mol. The van der Waals surface area contributed by atoms with Gasteiger partial charge in [-0.2, -0.15) is 13.2 Å². The predicted molar refractivity (Wildman–Crippen MR) is 80.4 cm³/mol. The van der Waals surface area contributed by atoms with E-state index < -0.39 is 11.7 Å². The summed E-state index contributed by atoms with van der Waals surface area (Å²) >= 11 is 0. The molecule has 5 heteroatoms. The maximum Gasteiger partial charge on any atom is 0.416 e. The van der Waals surface area contributed by atoms with Crippen molar-refractivity contribution in [1.82, 2.24) is 4.57 Å². The Morgan fingerprint density at radius 2 is 1.82 bits per heavy atom. The fourth-order valence-corrected chi connectivity index (χ4v) is 2.55. The summed E-state index contributed by atoms with van der Waals surface area (Å²) < 4.78 is 40.2. The molecule has 1 aromatic heterocycles. The smallest absolute Gasteiger partial charge is 0.343 e. The highest BCUT2D eigenvalue weighted by atomic mass is 19.4. The van der Waals surface area contributed by atoms with Crippen molar-refractivity contribution in [3.63, 3.8) is 0 Å². The Bertz CT molecular complexity index is 831. The van der Waals surface area contributed by atoms with Gasteiger partial charge in [0.1, 0.15) is 0 Å². The number of aromatic nitrogens is 1. The molecule has 0 amide bonds. The first-order valence-corrected chi connectivity index (χ1v) is 6.73. The first-order chi connectivity index (χ1) is 10.5. The van der Waals surface area contributed by atoms with Gasteiger partial charge in [0.15, 0.2) is 0 Å². The fraction of sp³-hybridized carbons (Fsp3) is 0.118. The van der Waals surface area contributed by atoms with E-state index in [9.17, 15) is 13.2 Å². The third-order valence-corrected chi connectivity index (χ3v) is 3.61. The molecule has 0 unspecified atom stereocenters. The first-order valence-electron chi connectivity index (χ1n) is 6.73. The third-order valence-electron chi connectivity index (χ3n) is 3.61. The van der Waals surface area contributed by atoms with Gasteiger partial charge in [0.25, 0.3) is 0 Å². The molecule has 0 saturated carbocycles. The summed E-state index contributed by atoms with van der Waals surface area (Å²) in [4.78, 5) is 0. The number of halogens is 3. The van der Waals surface area contributed by atoms with Gasteiger partial charge >= 0.3 is 6.18 Å². The highest BCUT2D eigenvalue weighted by Crippen LogP contribution is 2.30. The van der Waals surface area contributed by atoms with E-state index >= 15 is 0 Å². The van der Waals surface area contributed by atoms with Gasteiger partial charge < -0.3 is 9.98 Å². The highest BCUT2D eigenvalue weighted by Gasteiger charge is 2.30. The van der Waals surface area contributed by atoms with Crippen LogP contribution in [0.3, 0.4) is 0 Å². The van der Waals surface area contributed by atoms with Gasteiger partial charge in [-0.15, -0.1) is 0 Å². The van der Waals surface area contributed by atoms with Gasteiger partial charge in [-0.3, -0.25) is 0 Å². The highest BCUT2D eigenvalue weighted by molar-refractivity contribution is 5.97. The largest absolute Gasteiger partial charge is 0.416 e. The van der Waals surface area contributed by atoms with Gasteiger partial charge in [0.2, 0.25) is 0 Å². The van der Waals surface area contributed by atoms with Crippen molar-refractivity contribution in [1.29, 1.82) is 5.41 Å². The summed E-state index contributed by atoms with van der Waals surface area (Å²) in [6.45, 7) is 0.356. The van der Waals surface area contributed by atoms with Crippen LogP contribution in [0, 0.1) is 5.41 Å². The number of benzene rings is 2. The van der Waals surface area contributed by atoms with Gasteiger partial charge in [0, 0.05) is 35.4 Å². The number of rotatable bonds is 3. The van der Waals surface area contributed by atoms with E-state index in [-0.39, 0.29) is 0 Å². The second-order valence-corrected chi connectivity index (χ2v) is 5.07. The van der Waals surface area contributed by atoms with Crippen LogP contribution in [0.15, 0.2) is 54.7 Å². The Morgan fingerprint density at radius 1 is 1.05 bits per heavy atom. The number of alkyl halides is 3. The molecule has 22 heavy (non-hydrogen) atoms. The Hall–Kier alpha value is -2.56. The predicted octanol–water partition coefficient (Wildman–Crippen LogP) is 4.71. The molecule has 3 aromatic rings. The minimum Gasteiger partial charge on any atom is -0.343 e. The van der Waals surface area contributed by atoms with E-state index in [1.54, 1.807) is 6.07 Å².